The first-order valence-corrected chi connectivity index (χ1v) is 13.5. The molecule has 1 saturated carbocycles. The Morgan fingerprint density at radius 1 is 1.13 bits per heavy atom. The number of nitrogens with zero attached hydrogens (tertiary/aromatic N) is 3. The van der Waals surface area contributed by atoms with Crippen LogP contribution in [-0.2, 0) is 16.1 Å². The number of alkyl halides is 3. The van der Waals surface area contributed by atoms with Gasteiger partial charge in [-0.05, 0) is 55.9 Å². The van der Waals surface area contributed by atoms with E-state index in [0.29, 0.717) is 45.4 Å². The molecule has 38 heavy (non-hydrogen) atoms. The second-order valence-corrected chi connectivity index (χ2v) is 10.8. The summed E-state index contributed by atoms with van der Waals surface area (Å²) in [6.07, 6.45) is -0.363. The van der Waals surface area contributed by atoms with E-state index in [9.17, 15) is 18.0 Å². The van der Waals surface area contributed by atoms with Crippen molar-refractivity contribution in [1.29, 1.82) is 0 Å². The van der Waals surface area contributed by atoms with Crippen molar-refractivity contribution in [2.45, 2.75) is 64.3 Å². The molecule has 3 heterocycles. The van der Waals surface area contributed by atoms with Crippen LogP contribution in [0.3, 0.4) is 0 Å². The number of hydrogen-bond acceptors (Lipinski definition) is 6. The molecule has 10 heteroatoms. The Bertz CT molecular complexity index is 1130. The summed E-state index contributed by atoms with van der Waals surface area (Å²) in [7, 11) is 0. The molecule has 0 radical (unpaired) electrons. The molecule has 1 aromatic heterocycles. The summed E-state index contributed by atoms with van der Waals surface area (Å²) in [5.74, 6) is -0.0548. The van der Waals surface area contributed by atoms with Gasteiger partial charge in [0.15, 0.2) is 0 Å². The lowest BCUT2D eigenvalue weighted by molar-refractivity contribution is -0.168. The van der Waals surface area contributed by atoms with Gasteiger partial charge in [0, 0.05) is 42.5 Å². The zero-order valence-corrected chi connectivity index (χ0v) is 21.9. The van der Waals surface area contributed by atoms with Gasteiger partial charge in [-0.1, -0.05) is 19.9 Å². The van der Waals surface area contributed by atoms with Crippen LogP contribution in [0.15, 0.2) is 36.5 Å². The maximum atomic E-state index is 14.0. The molecule has 1 atom stereocenters. The van der Waals surface area contributed by atoms with Crippen molar-refractivity contribution in [3.8, 4) is 0 Å². The zero-order chi connectivity index (χ0) is 26.9. The fraction of sp³-hybridized carbons (Fsp3) is 0.571. The van der Waals surface area contributed by atoms with Crippen LogP contribution in [0, 0.1) is 11.8 Å². The van der Waals surface area contributed by atoms with E-state index in [0.717, 1.165) is 41.5 Å². The first-order chi connectivity index (χ1) is 18.2. The molecule has 206 valence electrons. The summed E-state index contributed by atoms with van der Waals surface area (Å²) in [6, 6.07) is 8.15. The van der Waals surface area contributed by atoms with Crippen molar-refractivity contribution >= 4 is 28.8 Å². The van der Waals surface area contributed by atoms with Crippen molar-refractivity contribution in [1.82, 2.24) is 10.3 Å². The fourth-order valence-corrected chi connectivity index (χ4v) is 5.77. The number of aromatic nitrogens is 1. The SMILES string of the molecule is CC(C)C(N[C@H]1CC[C@@H](C(=O)N2Cc3cccnc3Nc3ccc(N4CCOCC4)cc32)CC1)C(F)(F)F. The standard InChI is InChI=1S/C28H36F3N5O2/c1-18(2)25(28(29,30)31)33-21-7-5-19(6-8-21)27(37)36-17-20-4-3-11-32-26(20)34-23-10-9-22(16-24(23)36)35-12-14-38-15-13-35/h3-4,9-11,16,18-19,21,25,33H,5-8,12-15,17H2,1-2H3,(H,32,34)/t19-,21+,25?. The van der Waals surface area contributed by atoms with Crippen LogP contribution < -0.4 is 20.4 Å². The first-order valence-electron chi connectivity index (χ1n) is 13.5. The van der Waals surface area contributed by atoms with Crippen molar-refractivity contribution in [2.24, 2.45) is 11.8 Å². The van der Waals surface area contributed by atoms with E-state index in [2.05, 4.69) is 32.7 Å². The average Bonchev–Trinajstić information content (AvgIpc) is 3.07. The highest BCUT2D eigenvalue weighted by Gasteiger charge is 2.43. The number of nitrogens with one attached hydrogen (secondary N) is 2. The maximum absolute atomic E-state index is 14.0. The van der Waals surface area contributed by atoms with Gasteiger partial charge in [0.25, 0.3) is 0 Å². The summed E-state index contributed by atoms with van der Waals surface area (Å²) in [5.41, 5.74) is 3.57. The number of pyridine rings is 1. The fourth-order valence-electron chi connectivity index (χ4n) is 5.77. The molecule has 2 fully saturated rings. The number of ether oxygens (including phenoxy) is 1. The Labute approximate surface area is 221 Å². The molecule has 7 nitrogen and oxygen atoms in total. The minimum atomic E-state index is -4.29. The van der Waals surface area contributed by atoms with Crippen molar-refractivity contribution in [3.05, 3.63) is 42.1 Å². The Kier molecular flexibility index (Phi) is 7.81. The Hall–Kier alpha value is -2.85. The molecule has 1 aliphatic carbocycles. The molecule has 1 amide bonds. The number of benzene rings is 1. The van der Waals surface area contributed by atoms with Crippen molar-refractivity contribution in [3.63, 3.8) is 0 Å². The van der Waals surface area contributed by atoms with Crippen molar-refractivity contribution in [2.75, 3.05) is 41.4 Å². The van der Waals surface area contributed by atoms with E-state index in [4.69, 9.17) is 4.74 Å². The van der Waals surface area contributed by atoms with Gasteiger partial charge < -0.3 is 25.2 Å². The van der Waals surface area contributed by atoms with E-state index in [-0.39, 0.29) is 17.9 Å². The lowest BCUT2D eigenvalue weighted by Crippen LogP contribution is -2.51. The summed E-state index contributed by atoms with van der Waals surface area (Å²) in [4.78, 5) is 22.6. The highest BCUT2D eigenvalue weighted by Crippen LogP contribution is 2.40. The highest BCUT2D eigenvalue weighted by atomic mass is 19.4. The highest BCUT2D eigenvalue weighted by molar-refractivity contribution is 6.00. The van der Waals surface area contributed by atoms with E-state index < -0.39 is 18.1 Å². The summed E-state index contributed by atoms with van der Waals surface area (Å²) < 4.78 is 46.0. The quantitative estimate of drug-likeness (QED) is 0.550. The number of hydrogen-bond donors (Lipinski definition) is 2. The Morgan fingerprint density at radius 2 is 1.87 bits per heavy atom. The molecule has 2 N–H and O–H groups in total. The average molecular weight is 532 g/mol. The largest absolute Gasteiger partial charge is 0.404 e. The topological polar surface area (TPSA) is 69.7 Å². The predicted molar refractivity (Wildman–Crippen MR) is 142 cm³/mol. The molecular weight excluding hydrogens is 495 g/mol. The molecule has 3 aliphatic rings. The summed E-state index contributed by atoms with van der Waals surface area (Å²) in [5, 5.41) is 6.24. The molecule has 1 unspecified atom stereocenters. The minimum absolute atomic E-state index is 0.0126. The second-order valence-electron chi connectivity index (χ2n) is 10.8. The first kappa shape index (κ1) is 26.7. The molecule has 1 aromatic carbocycles. The lowest BCUT2D eigenvalue weighted by atomic mass is 9.84. The summed E-state index contributed by atoms with van der Waals surface area (Å²) in [6.45, 7) is 6.46. The van der Waals surface area contributed by atoms with E-state index in [1.807, 2.05) is 23.1 Å². The van der Waals surface area contributed by atoms with Gasteiger partial charge in [0.1, 0.15) is 11.9 Å². The number of anilines is 4. The molecular formula is C28H36F3N5O2. The van der Waals surface area contributed by atoms with Crippen LogP contribution >= 0.6 is 0 Å². The minimum Gasteiger partial charge on any atom is -0.378 e. The monoisotopic (exact) mass is 531 g/mol. The van der Waals surface area contributed by atoms with Gasteiger partial charge in [-0.25, -0.2) is 4.98 Å². The zero-order valence-electron chi connectivity index (χ0n) is 21.9. The number of fused-ring (bicyclic) bond motifs is 2. The maximum Gasteiger partial charge on any atom is 0.404 e. The van der Waals surface area contributed by atoms with Crippen LogP contribution in [0.4, 0.5) is 36.1 Å². The number of amides is 1. The van der Waals surface area contributed by atoms with Crippen LogP contribution in [0.25, 0.3) is 0 Å². The number of carbonyl (C=O) groups is 1. The normalized spacial score (nSPS) is 22.8. The van der Waals surface area contributed by atoms with Gasteiger partial charge in [-0.3, -0.25) is 4.79 Å². The third-order valence-corrected chi connectivity index (χ3v) is 7.90. The number of morpholine rings is 1. The predicted octanol–water partition coefficient (Wildman–Crippen LogP) is 5.24. The Morgan fingerprint density at radius 3 is 2.55 bits per heavy atom. The molecule has 2 aliphatic heterocycles. The smallest absolute Gasteiger partial charge is 0.378 e. The molecule has 2 aromatic rings. The molecule has 0 spiro atoms. The van der Waals surface area contributed by atoms with Crippen LogP contribution in [0.1, 0.15) is 45.1 Å². The van der Waals surface area contributed by atoms with Gasteiger partial charge in [0.05, 0.1) is 31.1 Å². The summed E-state index contributed by atoms with van der Waals surface area (Å²) >= 11 is 0. The number of halogens is 3. The van der Waals surface area contributed by atoms with Gasteiger partial charge in [0.2, 0.25) is 5.91 Å². The molecule has 0 bridgehead atoms. The third-order valence-electron chi connectivity index (χ3n) is 7.90. The van der Waals surface area contributed by atoms with E-state index in [1.54, 1.807) is 20.0 Å². The van der Waals surface area contributed by atoms with Crippen molar-refractivity contribution < 1.29 is 22.7 Å². The van der Waals surface area contributed by atoms with Crippen LogP contribution in [0.5, 0.6) is 0 Å². The van der Waals surface area contributed by atoms with Crippen LogP contribution in [-0.4, -0.2) is 55.5 Å². The van der Waals surface area contributed by atoms with Gasteiger partial charge in [-0.2, -0.15) is 13.2 Å². The molecule has 5 rings (SSSR count). The second kappa shape index (κ2) is 11.1. The molecule has 1 saturated heterocycles. The van der Waals surface area contributed by atoms with Gasteiger partial charge in [-0.15, -0.1) is 0 Å². The van der Waals surface area contributed by atoms with Crippen LogP contribution in [0.2, 0.25) is 0 Å². The van der Waals surface area contributed by atoms with E-state index in [1.165, 1.54) is 0 Å². The number of carbonyl (C=O) groups excluding carboxylic acids is 1. The van der Waals surface area contributed by atoms with Gasteiger partial charge >= 0.3 is 6.18 Å². The Balaban J connectivity index is 1.36. The third kappa shape index (κ3) is 5.76. The number of rotatable bonds is 5. The van der Waals surface area contributed by atoms with E-state index >= 15 is 0 Å². The lowest BCUT2D eigenvalue weighted by Gasteiger charge is -2.36.